The van der Waals surface area contributed by atoms with E-state index >= 15 is 0 Å². The van der Waals surface area contributed by atoms with Crippen molar-refractivity contribution in [2.45, 2.75) is 25.7 Å². The molecule has 2 heterocycles. The lowest BCUT2D eigenvalue weighted by atomic mass is 10.2. The number of nitrogens with two attached hydrogens (primary N) is 1. The van der Waals surface area contributed by atoms with E-state index < -0.39 is 0 Å². The summed E-state index contributed by atoms with van der Waals surface area (Å²) >= 11 is 0. The van der Waals surface area contributed by atoms with Crippen molar-refractivity contribution in [3.8, 4) is 0 Å². The Morgan fingerprint density at radius 3 is 2.53 bits per heavy atom. The standard InChI is InChI=1S/C8H13N7/c9-8-12-7(14-15-8)4-2-1-3-6-10-5-11-13-6/h5H,1-4H2,(H,10,11,13)(H3,9,12,14,15). The predicted octanol–water partition coefficient (Wildman–Crippen LogP) is 0.0704. The van der Waals surface area contributed by atoms with Gasteiger partial charge in [0.2, 0.25) is 5.95 Å². The minimum absolute atomic E-state index is 0.374. The molecule has 2 aromatic rings. The molecule has 0 radical (unpaired) electrons. The second-order valence-corrected chi connectivity index (χ2v) is 3.26. The van der Waals surface area contributed by atoms with Crippen molar-refractivity contribution in [2.24, 2.45) is 0 Å². The number of nitrogens with zero attached hydrogens (tertiary/aromatic N) is 4. The number of hydrogen-bond donors (Lipinski definition) is 3. The molecule has 2 aromatic heterocycles. The fraction of sp³-hybridized carbons (Fsp3) is 0.500. The Morgan fingerprint density at radius 1 is 1.13 bits per heavy atom. The Labute approximate surface area is 86.5 Å². The second kappa shape index (κ2) is 4.54. The van der Waals surface area contributed by atoms with Crippen molar-refractivity contribution < 1.29 is 0 Å². The van der Waals surface area contributed by atoms with Crippen LogP contribution in [0.4, 0.5) is 5.95 Å². The topological polar surface area (TPSA) is 109 Å². The van der Waals surface area contributed by atoms with Gasteiger partial charge in [0.05, 0.1) is 0 Å². The van der Waals surface area contributed by atoms with E-state index in [-0.39, 0.29) is 0 Å². The number of unbranched alkanes of at least 4 members (excludes halogenated alkanes) is 1. The van der Waals surface area contributed by atoms with E-state index in [2.05, 4.69) is 30.4 Å². The lowest BCUT2D eigenvalue weighted by molar-refractivity contribution is 0.690. The molecule has 0 aliphatic heterocycles. The van der Waals surface area contributed by atoms with Gasteiger partial charge >= 0.3 is 0 Å². The van der Waals surface area contributed by atoms with Crippen molar-refractivity contribution in [3.05, 3.63) is 18.0 Å². The van der Waals surface area contributed by atoms with Crippen molar-refractivity contribution in [1.29, 1.82) is 0 Å². The van der Waals surface area contributed by atoms with E-state index in [9.17, 15) is 0 Å². The number of rotatable bonds is 5. The Kier molecular flexibility index (Phi) is 2.91. The number of anilines is 1. The van der Waals surface area contributed by atoms with E-state index in [0.29, 0.717) is 5.95 Å². The molecule has 0 amide bonds. The van der Waals surface area contributed by atoms with Crippen LogP contribution >= 0.6 is 0 Å². The van der Waals surface area contributed by atoms with E-state index in [1.807, 2.05) is 0 Å². The van der Waals surface area contributed by atoms with Gasteiger partial charge in [-0.3, -0.25) is 5.10 Å². The molecule has 4 N–H and O–H groups in total. The van der Waals surface area contributed by atoms with Crippen LogP contribution in [-0.4, -0.2) is 30.4 Å². The first-order valence-corrected chi connectivity index (χ1v) is 4.86. The van der Waals surface area contributed by atoms with Crippen LogP contribution in [0.15, 0.2) is 6.33 Å². The normalized spacial score (nSPS) is 10.7. The average Bonchev–Trinajstić information content (AvgIpc) is 2.84. The molecule has 0 fully saturated rings. The van der Waals surface area contributed by atoms with Crippen LogP contribution in [0.25, 0.3) is 0 Å². The number of aromatic amines is 2. The quantitative estimate of drug-likeness (QED) is 0.601. The maximum Gasteiger partial charge on any atom is 0.216 e. The molecule has 0 saturated carbocycles. The first-order chi connectivity index (χ1) is 7.34. The van der Waals surface area contributed by atoms with Gasteiger partial charge in [0.25, 0.3) is 0 Å². The molecule has 80 valence electrons. The van der Waals surface area contributed by atoms with Gasteiger partial charge in [-0.15, -0.1) is 0 Å². The van der Waals surface area contributed by atoms with Gasteiger partial charge in [0.15, 0.2) is 5.82 Å². The molecule has 15 heavy (non-hydrogen) atoms. The highest BCUT2D eigenvalue weighted by molar-refractivity contribution is 5.12. The molecule has 2 rings (SSSR count). The van der Waals surface area contributed by atoms with Gasteiger partial charge in [0, 0.05) is 12.8 Å². The third-order valence-electron chi connectivity index (χ3n) is 2.06. The number of nitrogens with one attached hydrogen (secondary N) is 2. The van der Waals surface area contributed by atoms with Crippen LogP contribution < -0.4 is 5.73 Å². The summed E-state index contributed by atoms with van der Waals surface area (Å²) in [5, 5.41) is 13.2. The van der Waals surface area contributed by atoms with Crippen molar-refractivity contribution in [1.82, 2.24) is 30.4 Å². The van der Waals surface area contributed by atoms with E-state index in [1.165, 1.54) is 0 Å². The molecular weight excluding hydrogens is 194 g/mol. The van der Waals surface area contributed by atoms with Gasteiger partial charge in [0.1, 0.15) is 12.2 Å². The Hall–Kier alpha value is -1.92. The Bertz CT molecular complexity index is 391. The van der Waals surface area contributed by atoms with Crippen LogP contribution in [0, 0.1) is 0 Å². The summed E-state index contributed by atoms with van der Waals surface area (Å²) in [6.07, 6.45) is 5.32. The minimum Gasteiger partial charge on any atom is -0.368 e. The smallest absolute Gasteiger partial charge is 0.216 e. The maximum atomic E-state index is 5.41. The molecule has 0 aliphatic carbocycles. The van der Waals surface area contributed by atoms with Crippen LogP contribution in [-0.2, 0) is 12.8 Å². The zero-order chi connectivity index (χ0) is 10.5. The largest absolute Gasteiger partial charge is 0.368 e. The molecular formula is C8H13N7. The number of aromatic nitrogens is 6. The number of nitrogen functional groups attached to an aromatic ring is 1. The molecule has 7 heteroatoms. The maximum absolute atomic E-state index is 5.41. The van der Waals surface area contributed by atoms with Gasteiger partial charge in [-0.25, -0.2) is 10.1 Å². The summed E-state index contributed by atoms with van der Waals surface area (Å²) in [4.78, 5) is 8.06. The predicted molar refractivity (Wildman–Crippen MR) is 53.8 cm³/mol. The third kappa shape index (κ3) is 2.76. The Balaban J connectivity index is 1.67. The zero-order valence-electron chi connectivity index (χ0n) is 8.27. The fourth-order valence-electron chi connectivity index (χ4n) is 1.34. The van der Waals surface area contributed by atoms with Crippen molar-refractivity contribution in [3.63, 3.8) is 0 Å². The van der Waals surface area contributed by atoms with Crippen LogP contribution in [0.1, 0.15) is 24.5 Å². The molecule has 0 bridgehead atoms. The van der Waals surface area contributed by atoms with Gasteiger partial charge in [-0.05, 0) is 12.8 Å². The highest BCUT2D eigenvalue weighted by atomic mass is 15.3. The average molecular weight is 207 g/mol. The summed E-state index contributed by atoms with van der Waals surface area (Å²) in [6, 6.07) is 0. The van der Waals surface area contributed by atoms with Gasteiger partial charge in [-0.2, -0.15) is 15.2 Å². The third-order valence-corrected chi connectivity index (χ3v) is 2.06. The number of H-pyrrole nitrogens is 2. The monoisotopic (exact) mass is 207 g/mol. The van der Waals surface area contributed by atoms with E-state index in [0.717, 1.165) is 37.3 Å². The second-order valence-electron chi connectivity index (χ2n) is 3.26. The summed E-state index contributed by atoms with van der Waals surface area (Å²) in [5.74, 6) is 1.99. The Morgan fingerprint density at radius 2 is 1.93 bits per heavy atom. The van der Waals surface area contributed by atoms with Crippen LogP contribution in [0.2, 0.25) is 0 Å². The SMILES string of the molecule is Nc1nc(CCCCc2nc[nH]n2)n[nH]1. The first-order valence-electron chi connectivity index (χ1n) is 4.86. The van der Waals surface area contributed by atoms with Crippen LogP contribution in [0.5, 0.6) is 0 Å². The van der Waals surface area contributed by atoms with Gasteiger partial charge < -0.3 is 5.73 Å². The van der Waals surface area contributed by atoms with E-state index in [1.54, 1.807) is 6.33 Å². The molecule has 0 saturated heterocycles. The molecule has 0 atom stereocenters. The minimum atomic E-state index is 0.374. The number of hydrogen-bond acceptors (Lipinski definition) is 5. The van der Waals surface area contributed by atoms with Crippen molar-refractivity contribution in [2.75, 3.05) is 5.73 Å². The molecule has 7 nitrogen and oxygen atoms in total. The lowest BCUT2D eigenvalue weighted by Gasteiger charge is -1.94. The summed E-state index contributed by atoms with van der Waals surface area (Å²) in [6.45, 7) is 0. The summed E-state index contributed by atoms with van der Waals surface area (Å²) in [7, 11) is 0. The number of aryl methyl sites for hydroxylation is 2. The van der Waals surface area contributed by atoms with Crippen LogP contribution in [0.3, 0.4) is 0 Å². The summed E-state index contributed by atoms with van der Waals surface area (Å²) in [5.41, 5.74) is 5.41. The first kappa shape index (κ1) is 9.63. The fourth-order valence-corrected chi connectivity index (χ4v) is 1.34. The molecule has 0 unspecified atom stereocenters. The lowest BCUT2D eigenvalue weighted by Crippen LogP contribution is -1.93. The zero-order valence-corrected chi connectivity index (χ0v) is 8.27. The highest BCUT2D eigenvalue weighted by Gasteiger charge is 2.01. The molecule has 0 aromatic carbocycles. The highest BCUT2D eigenvalue weighted by Crippen LogP contribution is 2.03. The molecule has 0 aliphatic rings. The summed E-state index contributed by atoms with van der Waals surface area (Å²) < 4.78 is 0. The van der Waals surface area contributed by atoms with Gasteiger partial charge in [-0.1, -0.05) is 0 Å². The van der Waals surface area contributed by atoms with E-state index in [4.69, 9.17) is 5.73 Å². The van der Waals surface area contributed by atoms with Crippen molar-refractivity contribution >= 4 is 5.95 Å². The molecule has 0 spiro atoms.